The molecule has 1 unspecified atom stereocenters. The van der Waals surface area contributed by atoms with Gasteiger partial charge in [0.15, 0.2) is 5.17 Å². The molecule has 1 aliphatic heterocycles. The van der Waals surface area contributed by atoms with Crippen LogP contribution in [0.2, 0.25) is 0 Å². The predicted octanol–water partition coefficient (Wildman–Crippen LogP) is 3.67. The molecule has 0 aromatic heterocycles. The van der Waals surface area contributed by atoms with Crippen molar-refractivity contribution in [1.82, 2.24) is 5.32 Å². The van der Waals surface area contributed by atoms with Crippen molar-refractivity contribution in [2.45, 2.75) is 58.9 Å². The second-order valence-electron chi connectivity index (χ2n) is 5.03. The summed E-state index contributed by atoms with van der Waals surface area (Å²) in [5.74, 6) is 1.98. The van der Waals surface area contributed by atoms with E-state index in [1.807, 2.05) is 11.8 Å². The fraction of sp³-hybridized carbons (Fsp3) is 0.923. The van der Waals surface area contributed by atoms with Crippen LogP contribution in [0, 0.1) is 5.92 Å². The van der Waals surface area contributed by atoms with Crippen LogP contribution in [-0.2, 0) is 0 Å². The molecule has 1 atom stereocenters. The maximum absolute atomic E-state index is 4.62. The maximum Gasteiger partial charge on any atom is 0.156 e. The summed E-state index contributed by atoms with van der Waals surface area (Å²) >= 11 is 1.90. The monoisotopic (exact) mass is 242 g/mol. The second-order valence-corrected chi connectivity index (χ2v) is 6.04. The van der Waals surface area contributed by atoms with Crippen LogP contribution in [0.4, 0.5) is 0 Å². The Labute approximate surface area is 105 Å². The standard InChI is InChI=1S/C13H26N2S/c1-4-5-6-7-8-14-13-15-12(10-16-13)9-11(2)3/h11-12H,4-10H2,1-3H3,(H,14,15). The van der Waals surface area contributed by atoms with E-state index in [9.17, 15) is 0 Å². The molecule has 0 radical (unpaired) electrons. The quantitative estimate of drug-likeness (QED) is 0.689. The Bertz CT molecular complexity index is 214. The van der Waals surface area contributed by atoms with Crippen LogP contribution in [-0.4, -0.2) is 23.5 Å². The van der Waals surface area contributed by atoms with Gasteiger partial charge in [0.1, 0.15) is 0 Å². The van der Waals surface area contributed by atoms with E-state index in [1.165, 1.54) is 43.0 Å². The summed E-state index contributed by atoms with van der Waals surface area (Å²) in [7, 11) is 0. The highest BCUT2D eigenvalue weighted by Gasteiger charge is 2.20. The fourth-order valence-electron chi connectivity index (χ4n) is 1.94. The van der Waals surface area contributed by atoms with Gasteiger partial charge >= 0.3 is 0 Å². The summed E-state index contributed by atoms with van der Waals surface area (Å²) in [4.78, 5) is 4.62. The molecule has 1 aliphatic rings. The Morgan fingerprint density at radius 2 is 2.19 bits per heavy atom. The molecule has 1 saturated heterocycles. The minimum atomic E-state index is 0.652. The van der Waals surface area contributed by atoms with Crippen molar-refractivity contribution in [3.8, 4) is 0 Å². The molecular weight excluding hydrogens is 216 g/mol. The molecule has 2 nitrogen and oxygen atoms in total. The van der Waals surface area contributed by atoms with E-state index in [2.05, 4.69) is 31.1 Å². The summed E-state index contributed by atoms with van der Waals surface area (Å²) in [6.45, 7) is 7.82. The Morgan fingerprint density at radius 3 is 2.88 bits per heavy atom. The van der Waals surface area contributed by atoms with Crippen LogP contribution in [0.25, 0.3) is 0 Å². The highest BCUT2D eigenvalue weighted by atomic mass is 32.2. The summed E-state index contributed by atoms with van der Waals surface area (Å²) in [6, 6.07) is 0.652. The number of hydrogen-bond acceptors (Lipinski definition) is 2. The molecule has 16 heavy (non-hydrogen) atoms. The first-order valence-corrected chi connectivity index (χ1v) is 7.64. The number of thioether (sulfide) groups is 1. The van der Waals surface area contributed by atoms with E-state index in [4.69, 9.17) is 0 Å². The predicted molar refractivity (Wildman–Crippen MR) is 75.3 cm³/mol. The van der Waals surface area contributed by atoms with Gasteiger partial charge in [-0.25, -0.2) is 0 Å². The molecular formula is C13H26N2S. The number of amidine groups is 1. The van der Waals surface area contributed by atoms with Gasteiger partial charge in [-0.05, 0) is 18.8 Å². The van der Waals surface area contributed by atoms with Crippen molar-refractivity contribution in [2.75, 3.05) is 12.3 Å². The molecule has 1 heterocycles. The number of rotatable bonds is 7. The zero-order chi connectivity index (χ0) is 11.8. The number of nitrogens with one attached hydrogen (secondary N) is 1. The van der Waals surface area contributed by atoms with Crippen molar-refractivity contribution in [1.29, 1.82) is 0 Å². The van der Waals surface area contributed by atoms with Gasteiger partial charge in [-0.1, -0.05) is 51.8 Å². The van der Waals surface area contributed by atoms with Crippen LogP contribution < -0.4 is 5.32 Å². The summed E-state index contributed by atoms with van der Waals surface area (Å²) in [5, 5.41) is 4.71. The van der Waals surface area contributed by atoms with Gasteiger partial charge in [-0.15, -0.1) is 0 Å². The number of nitrogens with zero attached hydrogens (tertiary/aromatic N) is 1. The molecule has 3 heteroatoms. The van der Waals surface area contributed by atoms with E-state index >= 15 is 0 Å². The Kier molecular flexibility index (Phi) is 6.93. The van der Waals surface area contributed by atoms with Gasteiger partial charge in [0.05, 0.1) is 0 Å². The third kappa shape index (κ3) is 5.78. The topological polar surface area (TPSA) is 24.4 Å². The van der Waals surface area contributed by atoms with Crippen LogP contribution in [0.15, 0.2) is 4.99 Å². The third-order valence-electron chi connectivity index (χ3n) is 2.77. The Balaban J connectivity index is 2.12. The van der Waals surface area contributed by atoms with Gasteiger partial charge in [0, 0.05) is 18.3 Å². The lowest BCUT2D eigenvalue weighted by molar-refractivity contribution is 0.502. The van der Waals surface area contributed by atoms with E-state index in [1.54, 1.807) is 0 Å². The van der Waals surface area contributed by atoms with Gasteiger partial charge in [0.2, 0.25) is 0 Å². The number of aliphatic imine (C=N–C) groups is 1. The number of hydrogen-bond donors (Lipinski definition) is 1. The second kappa shape index (κ2) is 7.99. The average molecular weight is 242 g/mol. The first-order valence-electron chi connectivity index (χ1n) is 6.66. The molecule has 0 amide bonds. The van der Waals surface area contributed by atoms with Crippen LogP contribution in [0.5, 0.6) is 0 Å². The van der Waals surface area contributed by atoms with Gasteiger partial charge in [0.25, 0.3) is 0 Å². The van der Waals surface area contributed by atoms with Crippen molar-refractivity contribution >= 4 is 16.9 Å². The molecule has 0 aromatic rings. The molecule has 1 rings (SSSR count). The Morgan fingerprint density at radius 1 is 1.38 bits per heavy atom. The molecule has 1 N–H and O–H groups in total. The van der Waals surface area contributed by atoms with Crippen molar-refractivity contribution < 1.29 is 0 Å². The number of unbranched alkanes of at least 4 members (excludes halogenated alkanes) is 3. The normalized spacial score (nSPS) is 23.0. The van der Waals surface area contributed by atoms with Crippen molar-refractivity contribution in [3.05, 3.63) is 0 Å². The van der Waals surface area contributed by atoms with Crippen LogP contribution in [0.1, 0.15) is 52.9 Å². The minimum Gasteiger partial charge on any atom is -0.361 e. The smallest absolute Gasteiger partial charge is 0.156 e. The van der Waals surface area contributed by atoms with Gasteiger partial charge < -0.3 is 5.32 Å². The summed E-state index contributed by atoms with van der Waals surface area (Å²) in [5.41, 5.74) is 0. The maximum atomic E-state index is 4.62. The zero-order valence-electron chi connectivity index (χ0n) is 11.0. The molecule has 0 saturated carbocycles. The highest BCUT2D eigenvalue weighted by Crippen LogP contribution is 2.19. The lowest BCUT2D eigenvalue weighted by atomic mass is 10.1. The zero-order valence-corrected chi connectivity index (χ0v) is 11.8. The lowest BCUT2D eigenvalue weighted by Crippen LogP contribution is -2.28. The van der Waals surface area contributed by atoms with Crippen molar-refractivity contribution in [3.63, 3.8) is 0 Å². The Hall–Kier alpha value is -0.180. The van der Waals surface area contributed by atoms with E-state index < -0.39 is 0 Å². The van der Waals surface area contributed by atoms with Gasteiger partial charge in [-0.2, -0.15) is 0 Å². The minimum absolute atomic E-state index is 0.652. The first kappa shape index (κ1) is 13.9. The van der Waals surface area contributed by atoms with E-state index in [0.29, 0.717) is 6.04 Å². The molecule has 0 bridgehead atoms. The largest absolute Gasteiger partial charge is 0.361 e. The highest BCUT2D eigenvalue weighted by molar-refractivity contribution is 8.14. The lowest BCUT2D eigenvalue weighted by Gasteiger charge is -2.11. The van der Waals surface area contributed by atoms with Gasteiger partial charge in [-0.3, -0.25) is 4.99 Å². The fourth-order valence-corrected chi connectivity index (χ4v) is 2.95. The molecule has 0 aliphatic carbocycles. The summed E-state index contributed by atoms with van der Waals surface area (Å²) in [6.07, 6.45) is 6.49. The van der Waals surface area contributed by atoms with Crippen molar-refractivity contribution in [2.24, 2.45) is 10.9 Å². The molecule has 1 fully saturated rings. The molecule has 0 aromatic carbocycles. The van der Waals surface area contributed by atoms with E-state index in [-0.39, 0.29) is 0 Å². The SMILES string of the molecule is CCCCCCN=C1NC(CC(C)C)CS1. The third-order valence-corrected chi connectivity index (χ3v) is 3.86. The first-order chi connectivity index (χ1) is 7.72. The van der Waals surface area contributed by atoms with Crippen LogP contribution >= 0.6 is 11.8 Å². The van der Waals surface area contributed by atoms with Crippen LogP contribution in [0.3, 0.4) is 0 Å². The van der Waals surface area contributed by atoms with E-state index in [0.717, 1.165) is 12.5 Å². The molecule has 94 valence electrons. The molecule has 0 spiro atoms. The summed E-state index contributed by atoms with van der Waals surface area (Å²) < 4.78 is 0. The average Bonchev–Trinajstić information content (AvgIpc) is 2.64.